The lowest BCUT2D eigenvalue weighted by Crippen LogP contribution is -2.11. The van der Waals surface area contributed by atoms with Gasteiger partial charge in [0.25, 0.3) is 0 Å². The molecule has 0 fully saturated rings. The molecular weight excluding hydrogens is 238 g/mol. The highest BCUT2D eigenvalue weighted by molar-refractivity contribution is 7.89. The summed E-state index contributed by atoms with van der Waals surface area (Å²) in [6, 6.07) is 5.94. The van der Waals surface area contributed by atoms with E-state index in [-0.39, 0.29) is 4.90 Å². The van der Waals surface area contributed by atoms with Gasteiger partial charge in [0.15, 0.2) is 0 Å². The molecule has 0 radical (unpaired) electrons. The Labute approximate surface area is 94.0 Å². The van der Waals surface area contributed by atoms with Crippen molar-refractivity contribution in [3.05, 3.63) is 24.3 Å². The second kappa shape index (κ2) is 5.34. The first-order valence-electron chi connectivity index (χ1n) is 4.35. The average Bonchev–Trinajstić information content (AvgIpc) is 2.18. The molecule has 0 amide bonds. The zero-order valence-corrected chi connectivity index (χ0v) is 9.59. The molecule has 0 aliphatic heterocycles. The van der Waals surface area contributed by atoms with Crippen LogP contribution in [0.5, 0.6) is 5.75 Å². The number of benzene rings is 1. The minimum atomic E-state index is -3.62. The Morgan fingerprint density at radius 3 is 2.33 bits per heavy atom. The van der Waals surface area contributed by atoms with Crippen molar-refractivity contribution in [2.24, 2.45) is 5.14 Å². The quantitative estimate of drug-likeness (QED) is 0.633. The van der Waals surface area contributed by atoms with Crippen molar-refractivity contribution in [1.82, 2.24) is 0 Å². The second-order valence-electron chi connectivity index (χ2n) is 2.91. The number of hydrogen-bond acceptors (Lipinski definition) is 3. The Hall–Kier alpha value is -0.780. The predicted molar refractivity (Wildman–Crippen MR) is 58.6 cm³/mol. The molecular formula is C9H12ClNO3S. The van der Waals surface area contributed by atoms with Crippen molar-refractivity contribution >= 4 is 21.6 Å². The number of halogens is 1. The van der Waals surface area contributed by atoms with Gasteiger partial charge in [-0.2, -0.15) is 0 Å². The van der Waals surface area contributed by atoms with Gasteiger partial charge in [-0.25, -0.2) is 13.6 Å². The van der Waals surface area contributed by atoms with Gasteiger partial charge in [0.2, 0.25) is 10.0 Å². The van der Waals surface area contributed by atoms with Crippen LogP contribution in [0.25, 0.3) is 0 Å². The van der Waals surface area contributed by atoms with Gasteiger partial charge >= 0.3 is 0 Å². The molecule has 0 atom stereocenters. The molecule has 1 aromatic rings. The largest absolute Gasteiger partial charge is 0.494 e. The Morgan fingerprint density at radius 2 is 1.87 bits per heavy atom. The molecule has 0 spiro atoms. The average molecular weight is 250 g/mol. The molecule has 0 aliphatic rings. The number of sulfonamides is 1. The van der Waals surface area contributed by atoms with E-state index in [2.05, 4.69) is 0 Å². The second-order valence-corrected chi connectivity index (χ2v) is 4.85. The first kappa shape index (κ1) is 12.3. The van der Waals surface area contributed by atoms with Crippen molar-refractivity contribution < 1.29 is 13.2 Å². The standard InChI is InChI=1S/C9H12ClNO3S/c10-6-1-7-14-8-2-4-9(5-3-8)15(11,12)13/h2-5H,1,6-7H2,(H2,11,12,13). The molecule has 1 rings (SSSR count). The smallest absolute Gasteiger partial charge is 0.238 e. The van der Waals surface area contributed by atoms with Gasteiger partial charge in [0, 0.05) is 5.88 Å². The maximum Gasteiger partial charge on any atom is 0.238 e. The van der Waals surface area contributed by atoms with Crippen LogP contribution < -0.4 is 9.88 Å². The van der Waals surface area contributed by atoms with Crippen LogP contribution in [0.3, 0.4) is 0 Å². The van der Waals surface area contributed by atoms with Crippen molar-refractivity contribution in [3.63, 3.8) is 0 Å². The number of hydrogen-bond donors (Lipinski definition) is 1. The van der Waals surface area contributed by atoms with Crippen LogP contribution in [-0.4, -0.2) is 20.9 Å². The van der Waals surface area contributed by atoms with Crippen molar-refractivity contribution in [1.29, 1.82) is 0 Å². The molecule has 6 heteroatoms. The molecule has 0 heterocycles. The third-order valence-electron chi connectivity index (χ3n) is 1.70. The summed E-state index contributed by atoms with van der Waals surface area (Å²) < 4.78 is 27.1. The van der Waals surface area contributed by atoms with E-state index in [1.54, 1.807) is 12.1 Å². The normalized spacial score (nSPS) is 11.3. The van der Waals surface area contributed by atoms with Crippen LogP contribution in [0.2, 0.25) is 0 Å². The van der Waals surface area contributed by atoms with E-state index in [1.807, 2.05) is 0 Å². The highest BCUT2D eigenvalue weighted by Crippen LogP contribution is 2.14. The molecule has 0 aromatic heterocycles. The molecule has 0 aliphatic carbocycles. The summed E-state index contributed by atoms with van der Waals surface area (Å²) in [6.07, 6.45) is 0.749. The van der Waals surface area contributed by atoms with Gasteiger partial charge in [-0.15, -0.1) is 11.6 Å². The van der Waals surface area contributed by atoms with Crippen molar-refractivity contribution in [3.8, 4) is 5.75 Å². The summed E-state index contributed by atoms with van der Waals surface area (Å²) >= 11 is 5.48. The van der Waals surface area contributed by atoms with Gasteiger partial charge in [0.05, 0.1) is 11.5 Å². The third-order valence-corrected chi connectivity index (χ3v) is 2.90. The molecule has 0 unspecified atom stereocenters. The van der Waals surface area contributed by atoms with E-state index in [0.717, 1.165) is 6.42 Å². The van der Waals surface area contributed by atoms with Crippen LogP contribution in [0.15, 0.2) is 29.2 Å². The molecule has 4 nitrogen and oxygen atoms in total. The summed E-state index contributed by atoms with van der Waals surface area (Å²) in [4.78, 5) is 0.0761. The van der Waals surface area contributed by atoms with E-state index in [1.165, 1.54) is 12.1 Å². The lowest BCUT2D eigenvalue weighted by atomic mass is 10.3. The lowest BCUT2D eigenvalue weighted by Gasteiger charge is -2.05. The number of primary sulfonamides is 1. The van der Waals surface area contributed by atoms with Gasteiger partial charge < -0.3 is 4.74 Å². The van der Waals surface area contributed by atoms with Gasteiger partial charge in [-0.3, -0.25) is 0 Å². The summed E-state index contributed by atoms with van der Waals surface area (Å²) in [6.45, 7) is 0.512. The highest BCUT2D eigenvalue weighted by atomic mass is 35.5. The summed E-state index contributed by atoms with van der Waals surface area (Å²) in [5.41, 5.74) is 0. The minimum absolute atomic E-state index is 0.0761. The molecule has 84 valence electrons. The van der Waals surface area contributed by atoms with E-state index in [9.17, 15) is 8.42 Å². The SMILES string of the molecule is NS(=O)(=O)c1ccc(OCCCCl)cc1. The molecule has 1 aromatic carbocycles. The number of alkyl halides is 1. The van der Waals surface area contributed by atoms with Gasteiger partial charge in [-0.05, 0) is 30.7 Å². The van der Waals surface area contributed by atoms with Crippen LogP contribution in [-0.2, 0) is 10.0 Å². The highest BCUT2D eigenvalue weighted by Gasteiger charge is 2.06. The Kier molecular flexibility index (Phi) is 4.38. The van der Waals surface area contributed by atoms with Gasteiger partial charge in [-0.1, -0.05) is 0 Å². The van der Waals surface area contributed by atoms with Crippen molar-refractivity contribution in [2.75, 3.05) is 12.5 Å². The maximum atomic E-state index is 10.9. The molecule has 0 saturated carbocycles. The van der Waals surface area contributed by atoms with E-state index in [0.29, 0.717) is 18.2 Å². The van der Waals surface area contributed by atoms with Gasteiger partial charge in [0.1, 0.15) is 5.75 Å². The topological polar surface area (TPSA) is 69.4 Å². The summed E-state index contributed by atoms with van der Waals surface area (Å²) in [5.74, 6) is 1.14. The minimum Gasteiger partial charge on any atom is -0.494 e. The maximum absolute atomic E-state index is 10.9. The molecule has 0 bridgehead atoms. The van der Waals surface area contributed by atoms with Crippen molar-refractivity contribution in [2.45, 2.75) is 11.3 Å². The number of nitrogens with two attached hydrogens (primary N) is 1. The fourth-order valence-corrected chi connectivity index (χ4v) is 1.59. The molecule has 15 heavy (non-hydrogen) atoms. The first-order chi connectivity index (χ1) is 7.04. The fraction of sp³-hybridized carbons (Fsp3) is 0.333. The Bertz CT molecular complexity index is 402. The van der Waals surface area contributed by atoms with Crippen LogP contribution >= 0.6 is 11.6 Å². The van der Waals surface area contributed by atoms with E-state index in [4.69, 9.17) is 21.5 Å². The number of rotatable bonds is 5. The molecule has 2 N–H and O–H groups in total. The van der Waals surface area contributed by atoms with E-state index < -0.39 is 10.0 Å². The lowest BCUT2D eigenvalue weighted by molar-refractivity contribution is 0.318. The molecule has 0 saturated heterocycles. The van der Waals surface area contributed by atoms with Crippen LogP contribution in [0, 0.1) is 0 Å². The monoisotopic (exact) mass is 249 g/mol. The Balaban J connectivity index is 2.65. The number of ether oxygens (including phenoxy) is 1. The first-order valence-corrected chi connectivity index (χ1v) is 6.44. The zero-order chi connectivity index (χ0) is 11.3. The summed E-state index contributed by atoms with van der Waals surface area (Å²) in [5, 5.41) is 4.94. The fourth-order valence-electron chi connectivity index (χ4n) is 0.970. The van der Waals surface area contributed by atoms with Crippen LogP contribution in [0.4, 0.5) is 0 Å². The van der Waals surface area contributed by atoms with Crippen LogP contribution in [0.1, 0.15) is 6.42 Å². The van der Waals surface area contributed by atoms with E-state index >= 15 is 0 Å². The Morgan fingerprint density at radius 1 is 1.27 bits per heavy atom. The third kappa shape index (κ3) is 4.07. The predicted octanol–water partition coefficient (Wildman–Crippen LogP) is 1.34. The summed E-state index contributed by atoms with van der Waals surface area (Å²) in [7, 11) is -3.62. The zero-order valence-electron chi connectivity index (χ0n) is 8.02.